The Balaban J connectivity index is 0.000000181. The summed E-state index contributed by atoms with van der Waals surface area (Å²) in [6, 6.07) is 33.2. The molecule has 31 nitrogen and oxygen atoms in total. The van der Waals surface area contributed by atoms with Crippen LogP contribution in [0.4, 0.5) is 17.5 Å². The highest BCUT2D eigenvalue weighted by Crippen LogP contribution is 2.47. The minimum Gasteiger partial charge on any atom is -3.00 e. The van der Waals surface area contributed by atoms with Gasteiger partial charge in [-0.25, -0.2) is 49.8 Å². The SMILES string of the molecule is CC[C@H]1O[C@@H](n2cnc3c(N(C(=O)c4ccccc4)C(=O)c4ccccc4)ncnc32)[C@H]2O[C@H]21.CC[C@H]1O[C@@H](n2cnc3c(NC(=O)c4ccccc4)ncnc32)[C@@H](O)[C@@H]1N=[N+]=[N-].CC[C@H]1O[C@@H](n2cnc3c(NC(=O)c4ccccc4)ncnc32)[C@H](N=[N+]=[N-])[C@H]1O.S.[P-3].[P-3].[PH-2]. The Hall–Kier alpha value is -9.37. The summed E-state index contributed by atoms with van der Waals surface area (Å²) >= 11 is 0. The van der Waals surface area contributed by atoms with Gasteiger partial charge < -0.3 is 69.5 Å². The van der Waals surface area contributed by atoms with Gasteiger partial charge in [0.05, 0.1) is 49.4 Å². The van der Waals surface area contributed by atoms with Gasteiger partial charge in [0.2, 0.25) is 0 Å². The van der Waals surface area contributed by atoms with E-state index >= 15 is 0 Å². The number of nitrogens with zero attached hydrogens (tertiary/aromatic N) is 19. The Labute approximate surface area is 563 Å². The number of ether oxygens (including phenoxy) is 4. The smallest absolute Gasteiger partial charge is 0.266 e. The van der Waals surface area contributed by atoms with E-state index < -0.39 is 60.8 Å². The molecule has 14 rings (SSSR count). The second-order valence-electron chi connectivity index (χ2n) is 21.3. The highest BCUT2D eigenvalue weighted by atomic mass is 32.1. The number of hydrogen-bond acceptors (Lipinski definition) is 21. The van der Waals surface area contributed by atoms with Crippen LogP contribution >= 0.6 is 43.2 Å². The van der Waals surface area contributed by atoms with Crippen molar-refractivity contribution in [3.63, 3.8) is 0 Å². The van der Waals surface area contributed by atoms with E-state index in [-0.39, 0.29) is 97.0 Å². The average molecular weight is 1370 g/mol. The van der Waals surface area contributed by atoms with E-state index in [4.69, 9.17) is 30.0 Å². The van der Waals surface area contributed by atoms with E-state index in [1.54, 1.807) is 117 Å². The Kier molecular flexibility index (Phi) is 24.4. The summed E-state index contributed by atoms with van der Waals surface area (Å²) in [5.74, 6) is -1.06. The maximum Gasteiger partial charge on any atom is 0.266 e. The second kappa shape index (κ2) is 32.4. The van der Waals surface area contributed by atoms with Crippen LogP contribution in [0.3, 0.4) is 0 Å². The predicted molar refractivity (Wildman–Crippen MR) is 360 cm³/mol. The lowest BCUT2D eigenvalue weighted by molar-refractivity contribution is -0.0657. The zero-order chi connectivity index (χ0) is 64.0. The molecule has 0 radical (unpaired) electrons. The number of amides is 4. The molecule has 4 aliphatic rings. The molecule has 4 aromatic carbocycles. The molecule has 4 aliphatic heterocycles. The van der Waals surface area contributed by atoms with Crippen molar-refractivity contribution in [1.82, 2.24) is 58.6 Å². The number of anilines is 3. The molecular formula is C61H60N21O10P3S-8. The molecule has 4 amide bonds. The second-order valence-corrected chi connectivity index (χ2v) is 21.3. The molecular weight excluding hydrogens is 1310 g/mol. The Bertz CT molecular complexity index is 4390. The fourth-order valence-electron chi connectivity index (χ4n) is 11.2. The molecule has 0 aliphatic carbocycles. The normalized spacial score (nSPS) is 22.4. The molecule has 0 saturated carbocycles. The number of carbonyl (C=O) groups excluding carboxylic acids is 4. The summed E-state index contributed by atoms with van der Waals surface area (Å²) in [4.78, 5) is 97.3. The van der Waals surface area contributed by atoms with E-state index in [2.05, 4.69) is 82.5 Å². The van der Waals surface area contributed by atoms with Crippen molar-refractivity contribution in [2.24, 2.45) is 10.2 Å². The monoisotopic (exact) mass is 1370 g/mol. The fourth-order valence-corrected chi connectivity index (χ4v) is 11.2. The molecule has 498 valence electrons. The van der Waals surface area contributed by atoms with Gasteiger partial charge in [-0.3, -0.25) is 32.9 Å². The zero-order valence-corrected chi connectivity index (χ0v) is 54.9. The third kappa shape index (κ3) is 14.6. The van der Waals surface area contributed by atoms with Crippen LogP contribution in [0.25, 0.3) is 54.4 Å². The number of epoxide rings is 1. The quantitative estimate of drug-likeness (QED) is 0.0185. The number of imidazole rings is 3. The van der Waals surface area contributed by atoms with Crippen molar-refractivity contribution in [3.05, 3.63) is 202 Å². The van der Waals surface area contributed by atoms with E-state index in [9.17, 15) is 29.4 Å². The Morgan fingerprint density at radius 3 is 1.34 bits per heavy atom. The lowest BCUT2D eigenvalue weighted by Gasteiger charge is -3.00. The number of aliphatic hydroxyl groups excluding tert-OH is 2. The van der Waals surface area contributed by atoms with Crippen molar-refractivity contribution in [2.75, 3.05) is 15.5 Å². The maximum absolute atomic E-state index is 13.6. The summed E-state index contributed by atoms with van der Waals surface area (Å²) in [6.07, 6.45) is 5.55. The first-order valence-electron chi connectivity index (χ1n) is 29.3. The van der Waals surface area contributed by atoms with Gasteiger partial charge in [0.1, 0.15) is 49.6 Å². The minimum atomic E-state index is -1.06. The number of hydrogen-bond donors (Lipinski definition) is 4. The molecule has 6 aromatic heterocycles. The number of fused-ring (bicyclic) bond motifs is 4. The van der Waals surface area contributed by atoms with Gasteiger partial charge >= 0.3 is 0 Å². The average Bonchev–Trinajstić information content (AvgIpc) is 1.58. The van der Waals surface area contributed by atoms with Crippen molar-refractivity contribution in [1.29, 1.82) is 0 Å². The Morgan fingerprint density at radius 2 is 0.885 bits per heavy atom. The highest BCUT2D eigenvalue weighted by Gasteiger charge is 2.58. The van der Waals surface area contributed by atoms with Gasteiger partial charge in [-0.05, 0) is 78.9 Å². The highest BCUT2D eigenvalue weighted by molar-refractivity contribution is 7.59. The molecule has 10 aromatic rings. The summed E-state index contributed by atoms with van der Waals surface area (Å²) in [5, 5.41) is 33.9. The van der Waals surface area contributed by atoms with Crippen LogP contribution in [0, 0.1) is 0 Å². The van der Waals surface area contributed by atoms with Crippen molar-refractivity contribution in [2.45, 2.75) is 114 Å². The molecule has 0 unspecified atom stereocenters. The first-order valence-corrected chi connectivity index (χ1v) is 29.3. The van der Waals surface area contributed by atoms with Crippen LogP contribution in [0.1, 0.15) is 100 Å². The molecule has 12 atom stereocenters. The van der Waals surface area contributed by atoms with Crippen LogP contribution in [-0.2, 0) is 18.9 Å². The molecule has 10 heterocycles. The largest absolute Gasteiger partial charge is 3.00 e. The van der Waals surface area contributed by atoms with E-state index in [0.29, 0.717) is 68.6 Å². The minimum absolute atomic E-state index is 0. The molecule has 4 saturated heterocycles. The van der Waals surface area contributed by atoms with Crippen LogP contribution in [0.15, 0.2) is 170 Å². The fraction of sp³-hybridized carbons (Fsp3) is 0.295. The number of carbonyl (C=O) groups is 4. The molecule has 4 fully saturated rings. The third-order valence-electron chi connectivity index (χ3n) is 15.8. The summed E-state index contributed by atoms with van der Waals surface area (Å²) in [6.45, 7) is 5.81. The summed E-state index contributed by atoms with van der Waals surface area (Å²) in [5.41, 5.74) is 21.6. The predicted octanol–water partition coefficient (Wildman–Crippen LogP) is 10.7. The van der Waals surface area contributed by atoms with Gasteiger partial charge in [0.15, 0.2) is 63.4 Å². The number of azide groups is 2. The molecule has 0 spiro atoms. The van der Waals surface area contributed by atoms with Crippen LogP contribution in [-0.4, -0.2) is 147 Å². The third-order valence-corrected chi connectivity index (χ3v) is 15.8. The van der Waals surface area contributed by atoms with Crippen molar-refractivity contribution >= 4 is 118 Å². The van der Waals surface area contributed by atoms with Gasteiger partial charge in [-0.2, -0.15) is 13.5 Å². The molecule has 0 bridgehead atoms. The molecule has 96 heavy (non-hydrogen) atoms. The number of imide groups is 1. The van der Waals surface area contributed by atoms with Gasteiger partial charge in [0, 0.05) is 32.1 Å². The van der Waals surface area contributed by atoms with Crippen LogP contribution in [0.5, 0.6) is 0 Å². The number of benzene rings is 4. The van der Waals surface area contributed by atoms with E-state index in [1.807, 2.05) is 38.1 Å². The zero-order valence-electron chi connectivity index (χ0n) is 51.1. The number of nitrogens with one attached hydrogen (secondary N) is 2. The topological polar surface area (TPSA) is 405 Å². The number of rotatable bonds is 15. The summed E-state index contributed by atoms with van der Waals surface area (Å²) in [7, 11) is 0. The number of aliphatic hydroxyl groups is 2. The first kappa shape index (κ1) is 72.5. The van der Waals surface area contributed by atoms with Crippen LogP contribution in [0.2, 0.25) is 0 Å². The Morgan fingerprint density at radius 1 is 0.490 bits per heavy atom. The van der Waals surface area contributed by atoms with Gasteiger partial charge in [-0.15, -0.1) is 0 Å². The van der Waals surface area contributed by atoms with Crippen molar-refractivity contribution < 1.29 is 48.3 Å². The van der Waals surface area contributed by atoms with E-state index in [0.717, 1.165) is 11.3 Å². The standard InChI is InChI=1S/C25H21N5O4.2C18H18N8O3.HP.2P.H2S/c1-2-17-19-20(34-19)25(33-17)29-14-28-18-21(29)26-13-27-22(18)30(23(31)15-9-5-3-6-10-15)24(32)16-11-7-4-8-12-16;1-2-11-14(27)12(24-25-19)18(29-11)26-9-22-13-15(20-8-21-16(13)26)23-17(28)10-6-4-3-5-7-10;1-2-11-12(24-25-19)14(27)18(29-11)26-9-22-13-15(20-8-21-16(13)26)23-17(28)10-6-4-3-5-7-10;;;;/h3-14,17,19-20,25H,2H2,1H3;2*3-9,11-12,14,18,27H,2H2,1H3,(H,20,21,23,28);1H;;;1H2/q;;;-2;2*-3;/t17-,19+,20+,25-;2*11-,12-,14+,18-;;;;/m111..../s1. The van der Waals surface area contributed by atoms with E-state index in [1.165, 1.54) is 31.6 Å². The first-order chi connectivity index (χ1) is 44.9. The van der Waals surface area contributed by atoms with Gasteiger partial charge in [0.25, 0.3) is 23.6 Å². The molecule has 35 heteroatoms. The molecule has 4 N–H and O–H groups in total. The lowest BCUT2D eigenvalue weighted by atomic mass is 10.1. The van der Waals surface area contributed by atoms with Gasteiger partial charge in [-0.1, -0.05) is 104 Å². The van der Waals surface area contributed by atoms with Crippen molar-refractivity contribution in [3.8, 4) is 0 Å². The van der Waals surface area contributed by atoms with Crippen LogP contribution < -0.4 is 15.5 Å². The maximum atomic E-state index is 13.6. The number of aromatic nitrogens is 12. The lowest BCUT2D eigenvalue weighted by Crippen LogP contribution is -2.38. The summed E-state index contributed by atoms with van der Waals surface area (Å²) < 4.78 is 28.6.